The van der Waals surface area contributed by atoms with Gasteiger partial charge in [0.05, 0.1) is 0 Å². The molecule has 120 valence electrons. The van der Waals surface area contributed by atoms with E-state index in [-0.39, 0.29) is 5.60 Å². The van der Waals surface area contributed by atoms with Crippen LogP contribution in [0.5, 0.6) is 0 Å². The molecule has 0 rings (SSSR count). The maximum absolute atomic E-state index is 6.73. The summed E-state index contributed by atoms with van der Waals surface area (Å²) in [5, 5.41) is 7.34. The van der Waals surface area contributed by atoms with Gasteiger partial charge in [-0.2, -0.15) is 0 Å². The molecule has 0 saturated carbocycles. The normalized spacial score (nSPS) is 12.6. The molecule has 0 saturated heterocycles. The molecule has 0 aromatic carbocycles. The van der Waals surface area contributed by atoms with E-state index in [0.717, 1.165) is 0 Å². The van der Waals surface area contributed by atoms with Gasteiger partial charge < -0.3 is 0 Å². The third-order valence-electron chi connectivity index (χ3n) is 4.58. The molecule has 20 heavy (non-hydrogen) atoms. The Morgan fingerprint density at radius 1 is 0.750 bits per heavy atom. The van der Waals surface area contributed by atoms with E-state index in [0.29, 0.717) is 0 Å². The number of hydrogen-bond acceptors (Lipinski definition) is 1. The van der Waals surface area contributed by atoms with Crippen LogP contribution in [0.1, 0.15) is 73.6 Å². The van der Waals surface area contributed by atoms with Crippen LogP contribution in [-0.4, -0.2) is 34.6 Å². The summed E-state index contributed by atoms with van der Waals surface area (Å²) in [5.41, 5.74) is 0.251. The molecule has 0 aromatic heterocycles. The van der Waals surface area contributed by atoms with Gasteiger partial charge in [-0.25, -0.2) is 0 Å². The van der Waals surface area contributed by atoms with Gasteiger partial charge in [0.1, 0.15) is 0 Å². The summed E-state index contributed by atoms with van der Waals surface area (Å²) in [7, 11) is 0. The van der Waals surface area contributed by atoms with Crippen LogP contribution in [0.2, 0.25) is 26.3 Å². The van der Waals surface area contributed by atoms with Crippen molar-refractivity contribution in [3.05, 3.63) is 0 Å². The zero-order valence-electron chi connectivity index (χ0n) is 15.0. The molecule has 0 amide bonds. The van der Waals surface area contributed by atoms with E-state index >= 15 is 0 Å². The van der Waals surface area contributed by atoms with E-state index in [9.17, 15) is 0 Å². The van der Waals surface area contributed by atoms with Gasteiger partial charge in [0.15, 0.2) is 0 Å². The van der Waals surface area contributed by atoms with Crippen molar-refractivity contribution in [2.24, 2.45) is 0 Å². The van der Waals surface area contributed by atoms with E-state index in [2.05, 4.69) is 41.5 Å². The Labute approximate surface area is 138 Å². The zero-order chi connectivity index (χ0) is 15.4. The Balaban J connectivity index is 4.56. The molecule has 0 aliphatic rings. The van der Waals surface area contributed by atoms with E-state index in [1.165, 1.54) is 42.6 Å². The molecule has 0 fully saturated rings. The summed E-state index contributed by atoms with van der Waals surface area (Å²) < 4.78 is 6.73. The van der Waals surface area contributed by atoms with Gasteiger partial charge >= 0.3 is 138 Å². The average Bonchev–Trinajstić information content (AvgIpc) is 2.48. The van der Waals surface area contributed by atoms with E-state index in [4.69, 9.17) is 3.76 Å². The van der Waals surface area contributed by atoms with Gasteiger partial charge in [0, 0.05) is 0 Å². The molecule has 0 spiro atoms. The van der Waals surface area contributed by atoms with Gasteiger partial charge in [-0.15, -0.1) is 0 Å². The second-order valence-electron chi connectivity index (χ2n) is 5.99. The summed E-state index contributed by atoms with van der Waals surface area (Å²) >= 11 is -1.98. The molecule has 3 heteroatoms. The second kappa shape index (κ2) is 12.6. The van der Waals surface area contributed by atoms with E-state index in [1.807, 2.05) is 0 Å². The van der Waals surface area contributed by atoms with Crippen LogP contribution in [0.15, 0.2) is 0 Å². The van der Waals surface area contributed by atoms with Crippen LogP contribution in [0.4, 0.5) is 0 Å². The predicted molar refractivity (Wildman–Crippen MR) is 96.5 cm³/mol. The SMILES string of the molecule is CC[CH2][Ge]([CH2]CC)[CH2]CC(CC)(CC)[O][Ge]([CH2]C)[CH2]C. The first-order valence-electron chi connectivity index (χ1n) is 8.98. The molecule has 0 N–H and O–H groups in total. The topological polar surface area (TPSA) is 9.23 Å². The molecule has 0 aromatic rings. The van der Waals surface area contributed by atoms with Crippen LogP contribution < -0.4 is 0 Å². The van der Waals surface area contributed by atoms with Gasteiger partial charge in [0.2, 0.25) is 0 Å². The fraction of sp³-hybridized carbons (Fsp3) is 1.00. The molecule has 0 unspecified atom stereocenters. The number of hydrogen-bond donors (Lipinski definition) is 0. The minimum absolute atomic E-state index is 0.251. The van der Waals surface area contributed by atoms with Gasteiger partial charge in [-0.05, 0) is 0 Å². The van der Waals surface area contributed by atoms with Crippen molar-refractivity contribution in [2.45, 2.75) is 106 Å². The molecule has 2 radical (unpaired) electrons. The second-order valence-corrected chi connectivity index (χ2v) is 17.9. The molecule has 0 bridgehead atoms. The molecule has 0 aliphatic heterocycles. The molecule has 0 atom stereocenters. The Morgan fingerprint density at radius 2 is 1.25 bits per heavy atom. The van der Waals surface area contributed by atoms with E-state index in [1.54, 1.807) is 15.8 Å². The van der Waals surface area contributed by atoms with E-state index < -0.39 is 29.0 Å². The van der Waals surface area contributed by atoms with Crippen molar-refractivity contribution in [1.82, 2.24) is 0 Å². The van der Waals surface area contributed by atoms with Crippen LogP contribution >= 0.6 is 0 Å². The van der Waals surface area contributed by atoms with Crippen LogP contribution in [0.25, 0.3) is 0 Å². The fourth-order valence-electron chi connectivity index (χ4n) is 2.99. The van der Waals surface area contributed by atoms with Crippen molar-refractivity contribution in [3.63, 3.8) is 0 Å². The van der Waals surface area contributed by atoms with Gasteiger partial charge in [0.25, 0.3) is 0 Å². The first kappa shape index (κ1) is 21.0. The minimum atomic E-state index is -1.21. The van der Waals surface area contributed by atoms with Gasteiger partial charge in [-0.1, -0.05) is 0 Å². The Hall–Kier alpha value is 1.05. The van der Waals surface area contributed by atoms with Crippen LogP contribution in [0, 0.1) is 0 Å². The van der Waals surface area contributed by atoms with Crippen molar-refractivity contribution in [1.29, 1.82) is 0 Å². The van der Waals surface area contributed by atoms with Crippen molar-refractivity contribution < 1.29 is 3.76 Å². The maximum atomic E-state index is 6.73. The molecule has 0 aliphatic carbocycles. The third kappa shape index (κ3) is 7.89. The Kier molecular flexibility index (Phi) is 13.2. The molecular weight excluding hydrogens is 365 g/mol. The predicted octanol–water partition coefficient (Wildman–Crippen LogP) is 6.30. The van der Waals surface area contributed by atoms with Crippen molar-refractivity contribution in [3.8, 4) is 0 Å². The van der Waals surface area contributed by atoms with Crippen LogP contribution in [0.3, 0.4) is 0 Å². The zero-order valence-corrected chi connectivity index (χ0v) is 19.2. The Bertz CT molecular complexity index is 207. The molecule has 1 nitrogen and oxygen atoms in total. The standard InChI is InChI=1S/C17H38Ge2O/c1-7-14-18(15-8-2)16-13-17(9-3,10-4)20-19(11-5)12-6/h7-16H2,1-6H3. The average molecular weight is 404 g/mol. The number of rotatable bonds is 13. The van der Waals surface area contributed by atoms with Crippen molar-refractivity contribution >= 4 is 29.0 Å². The summed E-state index contributed by atoms with van der Waals surface area (Å²) in [4.78, 5) is 0. The monoisotopic (exact) mass is 406 g/mol. The third-order valence-corrected chi connectivity index (χ3v) is 16.5. The van der Waals surface area contributed by atoms with Crippen LogP contribution in [-0.2, 0) is 3.76 Å². The summed E-state index contributed by atoms with van der Waals surface area (Å²) in [6, 6.07) is 0. The first-order valence-corrected chi connectivity index (χ1v) is 17.3. The fourth-order valence-corrected chi connectivity index (χ4v) is 13.0. The first-order chi connectivity index (χ1) is 9.61. The quantitative estimate of drug-likeness (QED) is 0.328. The summed E-state index contributed by atoms with van der Waals surface area (Å²) in [5.74, 6) is 0. The summed E-state index contributed by atoms with van der Waals surface area (Å²) in [6.07, 6.45) is 6.63. The Morgan fingerprint density at radius 3 is 1.60 bits per heavy atom. The molecular formula is C17H38Ge2O. The van der Waals surface area contributed by atoms with Gasteiger partial charge in [-0.3, -0.25) is 0 Å². The molecule has 0 heterocycles. The van der Waals surface area contributed by atoms with Crippen molar-refractivity contribution in [2.75, 3.05) is 0 Å². The summed E-state index contributed by atoms with van der Waals surface area (Å²) in [6.45, 7) is 14.1.